The summed E-state index contributed by atoms with van der Waals surface area (Å²) in [5.74, 6) is 1.49. The number of aliphatic hydroxyl groups is 1. The number of hydrogen-bond donors (Lipinski definition) is 1. The maximum Gasteiger partial charge on any atom is 0.108 e. The van der Waals surface area contributed by atoms with E-state index in [1.165, 1.54) is 6.42 Å². The zero-order valence-corrected chi connectivity index (χ0v) is 7.12. The molecule has 4 unspecified atom stereocenters. The molecule has 4 fully saturated rings. The predicted octanol–water partition coefficient (Wildman–Crippen LogP) is 1.75. The molecule has 1 N–H and O–H groups in total. The molecule has 0 aromatic heterocycles. The van der Waals surface area contributed by atoms with Crippen LogP contribution in [-0.2, 0) is 0 Å². The summed E-state index contributed by atoms with van der Waals surface area (Å²) >= 11 is 0. The molecular weight excluding hydrogens is 155 g/mol. The predicted molar refractivity (Wildman–Crippen MR) is 43.3 cm³/mol. The summed E-state index contributed by atoms with van der Waals surface area (Å²) < 4.78 is 13.6. The van der Waals surface area contributed by atoms with E-state index in [0.29, 0.717) is 11.8 Å². The summed E-state index contributed by atoms with van der Waals surface area (Å²) in [6, 6.07) is 0. The van der Waals surface area contributed by atoms with E-state index in [0.717, 1.165) is 25.2 Å². The van der Waals surface area contributed by atoms with Gasteiger partial charge in [-0.2, -0.15) is 0 Å². The van der Waals surface area contributed by atoms with Crippen molar-refractivity contribution in [1.29, 1.82) is 0 Å². The summed E-state index contributed by atoms with van der Waals surface area (Å²) in [6.07, 6.45) is 3.17. The van der Waals surface area contributed by atoms with Gasteiger partial charge >= 0.3 is 0 Å². The maximum absolute atomic E-state index is 13.6. The molecule has 0 radical (unpaired) electrons. The van der Waals surface area contributed by atoms with Gasteiger partial charge in [0, 0.05) is 5.92 Å². The minimum Gasteiger partial charge on any atom is -0.392 e. The van der Waals surface area contributed by atoms with Crippen molar-refractivity contribution in [2.45, 2.75) is 38.0 Å². The van der Waals surface area contributed by atoms with Crippen LogP contribution < -0.4 is 0 Å². The van der Waals surface area contributed by atoms with Crippen molar-refractivity contribution in [2.24, 2.45) is 23.7 Å². The zero-order chi connectivity index (χ0) is 8.29. The Morgan fingerprint density at radius 2 is 1.75 bits per heavy atom. The molecule has 0 amide bonds. The molecule has 0 aromatic rings. The third kappa shape index (κ3) is 0.769. The average Bonchev–Trinajstić information content (AvgIpc) is 2.07. The lowest BCUT2D eigenvalue weighted by atomic mass is 9.54. The molecule has 2 heteroatoms. The summed E-state index contributed by atoms with van der Waals surface area (Å²) in [5.41, 5.74) is 0. The van der Waals surface area contributed by atoms with E-state index >= 15 is 0 Å². The van der Waals surface area contributed by atoms with Gasteiger partial charge in [0.15, 0.2) is 0 Å². The molecule has 68 valence electrons. The van der Waals surface area contributed by atoms with E-state index in [1.54, 1.807) is 0 Å². The summed E-state index contributed by atoms with van der Waals surface area (Å²) in [5, 5.41) is 9.76. The van der Waals surface area contributed by atoms with Crippen LogP contribution in [0.1, 0.15) is 25.7 Å². The van der Waals surface area contributed by atoms with Crippen LogP contribution in [0.25, 0.3) is 0 Å². The Kier molecular flexibility index (Phi) is 1.35. The SMILES string of the molecule is O[C@H]1C2CC3CC(C2)[C@@H](F)C1C3. The topological polar surface area (TPSA) is 20.2 Å². The second kappa shape index (κ2) is 2.22. The van der Waals surface area contributed by atoms with E-state index in [4.69, 9.17) is 0 Å². The van der Waals surface area contributed by atoms with Gasteiger partial charge in [-0.1, -0.05) is 0 Å². The molecular formula is C10H15FO. The lowest BCUT2D eigenvalue weighted by Gasteiger charge is -2.54. The fourth-order valence-corrected chi connectivity index (χ4v) is 3.81. The molecule has 0 aromatic carbocycles. The van der Waals surface area contributed by atoms with Gasteiger partial charge in [-0.15, -0.1) is 0 Å². The fraction of sp³-hybridized carbons (Fsp3) is 1.00. The molecule has 0 aliphatic heterocycles. The van der Waals surface area contributed by atoms with Gasteiger partial charge in [0.1, 0.15) is 6.17 Å². The summed E-state index contributed by atoms with van der Waals surface area (Å²) in [4.78, 5) is 0. The highest BCUT2D eigenvalue weighted by Crippen LogP contribution is 2.54. The number of rotatable bonds is 0. The molecule has 1 nitrogen and oxygen atoms in total. The smallest absolute Gasteiger partial charge is 0.108 e. The first-order valence-corrected chi connectivity index (χ1v) is 5.08. The van der Waals surface area contributed by atoms with Crippen molar-refractivity contribution < 1.29 is 9.50 Å². The second-order valence-corrected chi connectivity index (χ2v) is 4.93. The van der Waals surface area contributed by atoms with Gasteiger partial charge < -0.3 is 5.11 Å². The molecule has 0 heterocycles. The van der Waals surface area contributed by atoms with Crippen molar-refractivity contribution >= 4 is 0 Å². The van der Waals surface area contributed by atoms with Crippen LogP contribution in [0.4, 0.5) is 4.39 Å². The molecule has 0 spiro atoms. The van der Waals surface area contributed by atoms with Gasteiger partial charge in [-0.25, -0.2) is 4.39 Å². The molecule has 0 saturated heterocycles. The Bertz CT molecular complexity index is 188. The Morgan fingerprint density at radius 3 is 2.58 bits per heavy atom. The molecule has 4 aliphatic carbocycles. The lowest BCUT2D eigenvalue weighted by Crippen LogP contribution is -2.54. The number of halogens is 1. The maximum atomic E-state index is 13.6. The van der Waals surface area contributed by atoms with Gasteiger partial charge in [0.2, 0.25) is 0 Å². The minimum absolute atomic E-state index is 0.00116. The number of alkyl halides is 1. The van der Waals surface area contributed by atoms with E-state index < -0.39 is 6.17 Å². The highest BCUT2D eigenvalue weighted by molar-refractivity contribution is 5.02. The molecule has 12 heavy (non-hydrogen) atoms. The molecule has 4 rings (SSSR count). The van der Waals surface area contributed by atoms with E-state index in [1.807, 2.05) is 0 Å². The zero-order valence-electron chi connectivity index (χ0n) is 7.12. The first-order valence-electron chi connectivity index (χ1n) is 5.08. The summed E-state index contributed by atoms with van der Waals surface area (Å²) in [6.45, 7) is 0. The molecule has 4 saturated carbocycles. The first kappa shape index (κ1) is 7.31. The molecule has 4 bridgehead atoms. The third-order valence-corrected chi connectivity index (χ3v) is 4.26. The van der Waals surface area contributed by atoms with Crippen LogP contribution in [0.3, 0.4) is 0 Å². The number of hydrogen-bond acceptors (Lipinski definition) is 1. The third-order valence-electron chi connectivity index (χ3n) is 4.26. The monoisotopic (exact) mass is 170 g/mol. The minimum atomic E-state index is -0.687. The fourth-order valence-electron chi connectivity index (χ4n) is 3.81. The first-order chi connectivity index (χ1) is 5.75. The Morgan fingerprint density at radius 1 is 1.00 bits per heavy atom. The van der Waals surface area contributed by atoms with Crippen LogP contribution in [0, 0.1) is 23.7 Å². The Balaban J connectivity index is 1.93. The van der Waals surface area contributed by atoms with E-state index in [-0.39, 0.29) is 12.0 Å². The highest BCUT2D eigenvalue weighted by Gasteiger charge is 2.53. The van der Waals surface area contributed by atoms with Gasteiger partial charge in [-0.05, 0) is 43.4 Å². The average molecular weight is 170 g/mol. The largest absolute Gasteiger partial charge is 0.392 e. The van der Waals surface area contributed by atoms with Gasteiger partial charge in [0.25, 0.3) is 0 Å². The lowest BCUT2D eigenvalue weighted by molar-refractivity contribution is -0.136. The molecule has 6 atom stereocenters. The van der Waals surface area contributed by atoms with Crippen LogP contribution in [0.2, 0.25) is 0 Å². The van der Waals surface area contributed by atoms with Crippen LogP contribution in [0.15, 0.2) is 0 Å². The molecule has 4 aliphatic rings. The summed E-state index contributed by atoms with van der Waals surface area (Å²) in [7, 11) is 0. The van der Waals surface area contributed by atoms with Crippen molar-refractivity contribution in [3.8, 4) is 0 Å². The number of aliphatic hydroxyl groups excluding tert-OH is 1. The van der Waals surface area contributed by atoms with E-state index in [9.17, 15) is 9.50 Å². The van der Waals surface area contributed by atoms with Crippen LogP contribution >= 0.6 is 0 Å². The highest BCUT2D eigenvalue weighted by atomic mass is 19.1. The quantitative estimate of drug-likeness (QED) is 0.587. The van der Waals surface area contributed by atoms with Gasteiger partial charge in [0.05, 0.1) is 6.10 Å². The Labute approximate surface area is 72.0 Å². The normalized spacial score (nSPS) is 62.5. The van der Waals surface area contributed by atoms with Gasteiger partial charge in [-0.3, -0.25) is 0 Å². The van der Waals surface area contributed by atoms with E-state index in [2.05, 4.69) is 0 Å². The van der Waals surface area contributed by atoms with Crippen LogP contribution in [0.5, 0.6) is 0 Å². The second-order valence-electron chi connectivity index (χ2n) is 4.93. The van der Waals surface area contributed by atoms with Crippen molar-refractivity contribution in [2.75, 3.05) is 0 Å². The van der Waals surface area contributed by atoms with Crippen molar-refractivity contribution in [1.82, 2.24) is 0 Å². The van der Waals surface area contributed by atoms with Crippen molar-refractivity contribution in [3.05, 3.63) is 0 Å². The van der Waals surface area contributed by atoms with Crippen LogP contribution in [-0.4, -0.2) is 17.4 Å². The Hall–Kier alpha value is -0.110. The van der Waals surface area contributed by atoms with Crippen molar-refractivity contribution in [3.63, 3.8) is 0 Å². The standard InChI is InChI=1S/C10H15FO/c11-9-6-1-5-2-7(4-6)10(12)8(9)3-5/h5-10,12H,1-4H2/t5?,6?,7?,8?,9-,10+/m1/s1.